The molecule has 7 aromatic carbocycles. The van der Waals surface area contributed by atoms with E-state index in [9.17, 15) is 0 Å². The number of ether oxygens (including phenoxy) is 10. The predicted molar refractivity (Wildman–Crippen MR) is 288 cm³/mol. The van der Waals surface area contributed by atoms with Crippen LogP contribution in [0.15, 0.2) is 212 Å². The summed E-state index contributed by atoms with van der Waals surface area (Å²) in [5.41, 5.74) is 7.31. The van der Waals surface area contributed by atoms with E-state index >= 15 is 0 Å². The Kier molecular flexibility index (Phi) is 20.9. The lowest BCUT2D eigenvalue weighted by molar-refractivity contribution is -0.313. The minimum absolute atomic E-state index is 0.271. The highest BCUT2D eigenvalue weighted by Gasteiger charge is 2.51. The summed E-state index contributed by atoms with van der Waals surface area (Å²) in [6.45, 7) is 2.79. The Morgan fingerprint density at radius 3 is 0.919 bits per heavy atom. The lowest BCUT2D eigenvalue weighted by atomic mass is 9.94. The Bertz CT molecular complexity index is 2590. The van der Waals surface area contributed by atoms with Crippen LogP contribution in [-0.2, 0) is 93.6 Å². The lowest BCUT2D eigenvalue weighted by Crippen LogP contribution is -2.62. The Hall–Kier alpha value is -5.51. The van der Waals surface area contributed by atoms with Gasteiger partial charge < -0.3 is 47.4 Å². The van der Waals surface area contributed by atoms with Crippen molar-refractivity contribution < 1.29 is 47.4 Å². The predicted octanol–water partition coefficient (Wildman–Crippen LogP) is 11.6. The van der Waals surface area contributed by atoms with Crippen molar-refractivity contribution in [2.45, 2.75) is 107 Å². The van der Waals surface area contributed by atoms with Crippen LogP contribution < -0.4 is 0 Å². The zero-order chi connectivity index (χ0) is 50.4. The largest absolute Gasteiger partial charge is 0.374 e. The molecule has 0 spiro atoms. The molecule has 10 nitrogen and oxygen atoms in total. The average molecular weight is 1020 g/mol. The molecule has 11 heteroatoms. The molecule has 386 valence electrons. The summed E-state index contributed by atoms with van der Waals surface area (Å²) < 4.78 is 68.6. The van der Waals surface area contributed by atoms with Crippen molar-refractivity contribution in [3.8, 4) is 0 Å². The van der Waals surface area contributed by atoms with Gasteiger partial charge in [-0.05, 0) is 38.9 Å². The molecule has 0 unspecified atom stereocenters. The number of thioether (sulfide) groups is 1. The monoisotopic (exact) mass is 1020 g/mol. The Morgan fingerprint density at radius 2 is 0.581 bits per heavy atom. The van der Waals surface area contributed by atoms with Crippen LogP contribution in [0.1, 0.15) is 38.9 Å². The van der Waals surface area contributed by atoms with Gasteiger partial charge in [0.25, 0.3) is 0 Å². The van der Waals surface area contributed by atoms with Gasteiger partial charge in [0.1, 0.15) is 42.7 Å². The van der Waals surface area contributed by atoms with Crippen molar-refractivity contribution in [2.24, 2.45) is 0 Å². The van der Waals surface area contributed by atoms with Crippen LogP contribution in [0.3, 0.4) is 0 Å². The number of hydrogen-bond acceptors (Lipinski definition) is 11. The third kappa shape index (κ3) is 15.8. The lowest BCUT2D eigenvalue weighted by Gasteiger charge is -2.47. The van der Waals surface area contributed by atoms with Crippen LogP contribution in [0.5, 0.6) is 0 Å². The molecule has 0 amide bonds. The van der Waals surface area contributed by atoms with Gasteiger partial charge >= 0.3 is 0 Å². The second-order valence-corrected chi connectivity index (χ2v) is 19.7. The SMILES string of the molecule is CO[C@H]1O[C@H](CSC[C@@H]2O[C@H](COCc3ccccc3)[C@@H](OCc3ccccc3)[C@H](OCc3ccccc3)[C@H]2OCc2ccccc2)[C@@H](OCc2ccccc2)[C@H](OCc2ccccc2)[C@H]1OCc1ccccc1. The van der Waals surface area contributed by atoms with E-state index in [1.165, 1.54) is 0 Å². The fourth-order valence-electron chi connectivity index (χ4n) is 9.39. The van der Waals surface area contributed by atoms with Crippen molar-refractivity contribution in [2.75, 3.05) is 25.2 Å². The first kappa shape index (κ1) is 53.3. The van der Waals surface area contributed by atoms with Crippen LogP contribution in [0.4, 0.5) is 0 Å². The molecule has 0 bridgehead atoms. The van der Waals surface area contributed by atoms with Crippen molar-refractivity contribution >= 4 is 11.8 Å². The molecule has 0 aliphatic carbocycles. The van der Waals surface area contributed by atoms with Crippen LogP contribution in [0.25, 0.3) is 0 Å². The molecule has 74 heavy (non-hydrogen) atoms. The molecule has 2 heterocycles. The van der Waals surface area contributed by atoms with Crippen LogP contribution in [0.2, 0.25) is 0 Å². The van der Waals surface area contributed by atoms with E-state index in [0.29, 0.717) is 57.8 Å². The molecule has 0 radical (unpaired) electrons. The van der Waals surface area contributed by atoms with Crippen LogP contribution in [-0.4, -0.2) is 86.4 Å². The third-order valence-electron chi connectivity index (χ3n) is 13.2. The summed E-state index contributed by atoms with van der Waals surface area (Å²) in [5, 5.41) is 0. The topological polar surface area (TPSA) is 92.3 Å². The Morgan fingerprint density at radius 1 is 0.311 bits per heavy atom. The molecular weight excluding hydrogens is 949 g/mol. The van der Waals surface area contributed by atoms with Gasteiger partial charge in [0.15, 0.2) is 6.29 Å². The summed E-state index contributed by atoms with van der Waals surface area (Å²) in [6.07, 6.45) is -5.55. The van der Waals surface area contributed by atoms with E-state index < -0.39 is 61.2 Å². The Balaban J connectivity index is 1.01. The zero-order valence-electron chi connectivity index (χ0n) is 42.0. The van der Waals surface area contributed by atoms with Crippen LogP contribution >= 0.6 is 11.8 Å². The molecule has 9 rings (SSSR count). The summed E-state index contributed by atoms with van der Waals surface area (Å²) in [5.74, 6) is 1.04. The van der Waals surface area contributed by atoms with E-state index in [4.69, 9.17) is 47.4 Å². The van der Waals surface area contributed by atoms with Crippen molar-refractivity contribution in [3.05, 3.63) is 251 Å². The maximum absolute atomic E-state index is 7.26. The van der Waals surface area contributed by atoms with Gasteiger partial charge in [0, 0.05) is 18.6 Å². The van der Waals surface area contributed by atoms with Crippen LogP contribution in [0, 0.1) is 0 Å². The maximum atomic E-state index is 7.26. The van der Waals surface area contributed by atoms with Gasteiger partial charge in [0.2, 0.25) is 0 Å². The van der Waals surface area contributed by atoms with Gasteiger partial charge in [-0.2, -0.15) is 11.8 Å². The van der Waals surface area contributed by atoms with Gasteiger partial charge in [-0.3, -0.25) is 0 Å². The second-order valence-electron chi connectivity index (χ2n) is 18.6. The van der Waals surface area contributed by atoms with Gasteiger partial charge in [-0.25, -0.2) is 0 Å². The summed E-state index contributed by atoms with van der Waals surface area (Å²) in [7, 11) is 1.66. The molecule has 0 N–H and O–H groups in total. The zero-order valence-corrected chi connectivity index (χ0v) is 42.9. The van der Waals surface area contributed by atoms with Crippen molar-refractivity contribution in [1.29, 1.82) is 0 Å². The van der Waals surface area contributed by atoms with Gasteiger partial charge in [0.05, 0.1) is 65.1 Å². The molecule has 0 aromatic heterocycles. The first-order valence-electron chi connectivity index (χ1n) is 25.6. The van der Waals surface area contributed by atoms with E-state index in [1.807, 2.05) is 140 Å². The third-order valence-corrected chi connectivity index (χ3v) is 14.4. The fourth-order valence-corrected chi connectivity index (χ4v) is 10.5. The molecule has 2 fully saturated rings. The molecule has 2 aliphatic heterocycles. The second kappa shape index (κ2) is 29.0. The minimum Gasteiger partial charge on any atom is -0.374 e. The first-order chi connectivity index (χ1) is 36.7. The van der Waals surface area contributed by atoms with Crippen molar-refractivity contribution in [3.63, 3.8) is 0 Å². The Labute approximate surface area is 441 Å². The molecular formula is C63H68O10S. The quantitative estimate of drug-likeness (QED) is 0.0493. The molecule has 2 saturated heterocycles. The van der Waals surface area contributed by atoms with Gasteiger partial charge in [-0.1, -0.05) is 212 Å². The minimum atomic E-state index is -0.751. The summed E-state index contributed by atoms with van der Waals surface area (Å²) >= 11 is 1.71. The highest BCUT2D eigenvalue weighted by Crippen LogP contribution is 2.36. The highest BCUT2D eigenvalue weighted by atomic mass is 32.2. The highest BCUT2D eigenvalue weighted by molar-refractivity contribution is 7.99. The smallest absolute Gasteiger partial charge is 0.186 e. The number of methoxy groups -OCH3 is 1. The molecule has 7 aromatic rings. The maximum Gasteiger partial charge on any atom is 0.186 e. The number of benzene rings is 7. The average Bonchev–Trinajstić information content (AvgIpc) is 3.46. The molecule has 10 atom stereocenters. The number of rotatable bonds is 27. The number of hydrogen-bond donors (Lipinski definition) is 0. The fraction of sp³-hybridized carbons (Fsp3) is 0.333. The van der Waals surface area contributed by atoms with Crippen molar-refractivity contribution in [1.82, 2.24) is 0 Å². The molecule has 0 saturated carbocycles. The summed E-state index contributed by atoms with van der Waals surface area (Å²) in [6, 6.07) is 71.3. The van der Waals surface area contributed by atoms with E-state index in [0.717, 1.165) is 38.9 Å². The van der Waals surface area contributed by atoms with E-state index in [2.05, 4.69) is 72.8 Å². The van der Waals surface area contributed by atoms with Gasteiger partial charge in [-0.15, -0.1) is 0 Å². The molecule has 2 aliphatic rings. The van der Waals surface area contributed by atoms with E-state index in [1.54, 1.807) is 18.9 Å². The standard InChI is InChI=1S/C63H68O10S/c1-64-63-62(71-43-53-35-21-8-22-36-53)61(70-42-52-33-19-7-20-34-52)59(68-40-50-29-15-5-16-30-50)56(73-63)46-74-45-55-58(67-39-49-27-13-4-14-28-49)60(69-41-51-31-17-6-18-32-51)57(66-38-48-25-11-3-12-26-48)54(72-55)44-65-37-47-23-9-2-10-24-47/h2-36,54-63H,37-46H2,1H3/t54-,55+,56-,57-,58+,59-,60+,61+,62-,63+/m1/s1. The first-order valence-corrected chi connectivity index (χ1v) is 26.8. The summed E-state index contributed by atoms with van der Waals surface area (Å²) in [4.78, 5) is 0. The van der Waals surface area contributed by atoms with E-state index in [-0.39, 0.29) is 6.61 Å². The normalized spacial score (nSPS) is 23.9.